The molecule has 1 saturated carbocycles. The molecule has 1 aliphatic rings. The van der Waals surface area contributed by atoms with Crippen LogP contribution >= 0.6 is 0 Å². The standard InChI is InChI=1S/C14H27NO2/c1-4-11-7-5-6-8-13(11)17-14(16)9-12(15)10(2)3/h10-13H,4-9,15H2,1-3H3. The Hall–Kier alpha value is -0.570. The number of nitrogens with two attached hydrogens (primary N) is 1. The first kappa shape index (κ1) is 14.5. The maximum Gasteiger partial charge on any atom is 0.307 e. The lowest BCUT2D eigenvalue weighted by Crippen LogP contribution is -2.34. The smallest absolute Gasteiger partial charge is 0.307 e. The molecule has 100 valence electrons. The Bertz CT molecular complexity index is 240. The molecule has 0 aromatic carbocycles. The molecule has 3 nitrogen and oxygen atoms in total. The summed E-state index contributed by atoms with van der Waals surface area (Å²) in [5.41, 5.74) is 5.89. The molecule has 0 radical (unpaired) electrons. The number of carbonyl (C=O) groups excluding carboxylic acids is 1. The zero-order valence-corrected chi connectivity index (χ0v) is 11.4. The first-order valence-corrected chi connectivity index (χ1v) is 6.99. The van der Waals surface area contributed by atoms with E-state index in [-0.39, 0.29) is 18.1 Å². The van der Waals surface area contributed by atoms with Crippen LogP contribution in [-0.4, -0.2) is 18.1 Å². The van der Waals surface area contributed by atoms with Crippen molar-refractivity contribution in [1.82, 2.24) is 0 Å². The van der Waals surface area contributed by atoms with Gasteiger partial charge in [0.1, 0.15) is 6.10 Å². The van der Waals surface area contributed by atoms with Crippen molar-refractivity contribution >= 4 is 5.97 Å². The zero-order chi connectivity index (χ0) is 12.8. The molecule has 0 heterocycles. The SMILES string of the molecule is CCC1CCCCC1OC(=O)CC(N)C(C)C. The van der Waals surface area contributed by atoms with Gasteiger partial charge in [-0.15, -0.1) is 0 Å². The molecule has 3 heteroatoms. The van der Waals surface area contributed by atoms with Crippen molar-refractivity contribution in [3.8, 4) is 0 Å². The van der Waals surface area contributed by atoms with Crippen molar-refractivity contribution in [2.45, 2.75) is 71.4 Å². The molecule has 1 aliphatic carbocycles. The molecule has 0 amide bonds. The van der Waals surface area contributed by atoms with Crippen LogP contribution in [0.1, 0.15) is 59.3 Å². The lowest BCUT2D eigenvalue weighted by molar-refractivity contribution is -0.154. The van der Waals surface area contributed by atoms with Gasteiger partial charge in [0.05, 0.1) is 6.42 Å². The fourth-order valence-electron chi connectivity index (χ4n) is 2.44. The highest BCUT2D eigenvalue weighted by atomic mass is 16.5. The lowest BCUT2D eigenvalue weighted by atomic mass is 9.85. The highest BCUT2D eigenvalue weighted by molar-refractivity contribution is 5.70. The van der Waals surface area contributed by atoms with Gasteiger partial charge < -0.3 is 10.5 Å². The van der Waals surface area contributed by atoms with Crippen LogP contribution in [0.5, 0.6) is 0 Å². The molecule has 0 aliphatic heterocycles. The van der Waals surface area contributed by atoms with Gasteiger partial charge >= 0.3 is 5.97 Å². The Labute approximate surface area is 105 Å². The molecule has 0 saturated heterocycles. The molecular weight excluding hydrogens is 214 g/mol. The van der Waals surface area contributed by atoms with Gasteiger partial charge in [-0.25, -0.2) is 0 Å². The second-order valence-electron chi connectivity index (χ2n) is 5.59. The van der Waals surface area contributed by atoms with Crippen LogP contribution in [0.25, 0.3) is 0 Å². The first-order valence-electron chi connectivity index (χ1n) is 6.99. The molecule has 3 atom stereocenters. The number of esters is 1. The van der Waals surface area contributed by atoms with Gasteiger partial charge in [0.15, 0.2) is 0 Å². The Morgan fingerprint density at radius 2 is 2.00 bits per heavy atom. The summed E-state index contributed by atoms with van der Waals surface area (Å²) in [6, 6.07) is -0.0776. The lowest BCUT2D eigenvalue weighted by Gasteiger charge is -2.30. The third-order valence-corrected chi connectivity index (χ3v) is 3.91. The summed E-state index contributed by atoms with van der Waals surface area (Å²) in [5.74, 6) is 0.774. The minimum Gasteiger partial charge on any atom is -0.462 e. The second kappa shape index (κ2) is 7.00. The van der Waals surface area contributed by atoms with E-state index in [1.165, 1.54) is 19.3 Å². The second-order valence-corrected chi connectivity index (χ2v) is 5.59. The van der Waals surface area contributed by atoms with Crippen molar-refractivity contribution < 1.29 is 9.53 Å². The van der Waals surface area contributed by atoms with Gasteiger partial charge in [0.2, 0.25) is 0 Å². The largest absolute Gasteiger partial charge is 0.462 e. The summed E-state index contributed by atoms with van der Waals surface area (Å²) in [4.78, 5) is 11.8. The van der Waals surface area contributed by atoms with Crippen molar-refractivity contribution in [3.63, 3.8) is 0 Å². The fourth-order valence-corrected chi connectivity index (χ4v) is 2.44. The predicted molar refractivity (Wildman–Crippen MR) is 69.6 cm³/mol. The quantitative estimate of drug-likeness (QED) is 0.753. The third kappa shape index (κ3) is 4.66. The topological polar surface area (TPSA) is 52.3 Å². The van der Waals surface area contributed by atoms with Gasteiger partial charge in [-0.2, -0.15) is 0 Å². The van der Waals surface area contributed by atoms with Crippen molar-refractivity contribution in [2.24, 2.45) is 17.6 Å². The van der Waals surface area contributed by atoms with Gasteiger partial charge in [0, 0.05) is 6.04 Å². The molecule has 0 spiro atoms. The average molecular weight is 241 g/mol. The molecule has 0 aromatic rings. The number of hydrogen-bond acceptors (Lipinski definition) is 3. The van der Waals surface area contributed by atoms with Crippen molar-refractivity contribution in [1.29, 1.82) is 0 Å². The molecule has 1 fully saturated rings. The van der Waals surface area contributed by atoms with Crippen LogP contribution in [0.4, 0.5) is 0 Å². The van der Waals surface area contributed by atoms with Gasteiger partial charge in [0.25, 0.3) is 0 Å². The molecule has 17 heavy (non-hydrogen) atoms. The Balaban J connectivity index is 2.38. The minimum atomic E-state index is -0.114. The fraction of sp³-hybridized carbons (Fsp3) is 0.929. The van der Waals surface area contributed by atoms with E-state index in [1.54, 1.807) is 0 Å². The summed E-state index contributed by atoms with van der Waals surface area (Å²) in [7, 11) is 0. The van der Waals surface area contributed by atoms with E-state index in [2.05, 4.69) is 6.92 Å². The van der Waals surface area contributed by atoms with Crippen molar-refractivity contribution in [2.75, 3.05) is 0 Å². The molecule has 1 rings (SSSR count). The summed E-state index contributed by atoms with van der Waals surface area (Å²) in [5, 5.41) is 0. The Kier molecular flexibility index (Phi) is 5.96. The molecule has 2 N–H and O–H groups in total. The summed E-state index contributed by atoms with van der Waals surface area (Å²) < 4.78 is 5.60. The monoisotopic (exact) mass is 241 g/mol. The summed E-state index contributed by atoms with van der Waals surface area (Å²) in [6.07, 6.45) is 6.29. The predicted octanol–water partition coefficient (Wildman–Crippen LogP) is 2.87. The molecule has 3 unspecified atom stereocenters. The van der Waals surface area contributed by atoms with Crippen LogP contribution < -0.4 is 5.73 Å². The van der Waals surface area contributed by atoms with Crippen LogP contribution in [0.15, 0.2) is 0 Å². The van der Waals surface area contributed by atoms with E-state index in [0.29, 0.717) is 18.3 Å². The highest BCUT2D eigenvalue weighted by Crippen LogP contribution is 2.29. The summed E-state index contributed by atoms with van der Waals surface area (Å²) in [6.45, 7) is 6.25. The van der Waals surface area contributed by atoms with E-state index in [4.69, 9.17) is 10.5 Å². The van der Waals surface area contributed by atoms with Gasteiger partial charge in [-0.05, 0) is 37.5 Å². The van der Waals surface area contributed by atoms with Crippen LogP contribution in [0, 0.1) is 11.8 Å². The third-order valence-electron chi connectivity index (χ3n) is 3.91. The van der Waals surface area contributed by atoms with E-state index in [0.717, 1.165) is 12.8 Å². The number of carbonyl (C=O) groups is 1. The number of hydrogen-bond donors (Lipinski definition) is 1. The van der Waals surface area contributed by atoms with Crippen molar-refractivity contribution in [3.05, 3.63) is 0 Å². The highest BCUT2D eigenvalue weighted by Gasteiger charge is 2.27. The van der Waals surface area contributed by atoms with E-state index in [9.17, 15) is 4.79 Å². The molecule has 0 bridgehead atoms. The zero-order valence-electron chi connectivity index (χ0n) is 11.4. The molecular formula is C14H27NO2. The normalized spacial score (nSPS) is 26.9. The number of ether oxygens (including phenoxy) is 1. The Morgan fingerprint density at radius 1 is 1.35 bits per heavy atom. The Morgan fingerprint density at radius 3 is 2.59 bits per heavy atom. The minimum absolute atomic E-state index is 0.0776. The maximum atomic E-state index is 11.8. The van der Waals surface area contributed by atoms with Crippen LogP contribution in [-0.2, 0) is 9.53 Å². The van der Waals surface area contributed by atoms with Crippen LogP contribution in [0.3, 0.4) is 0 Å². The van der Waals surface area contributed by atoms with Gasteiger partial charge in [-0.3, -0.25) is 4.79 Å². The van der Waals surface area contributed by atoms with Crippen LogP contribution in [0.2, 0.25) is 0 Å². The van der Waals surface area contributed by atoms with E-state index in [1.807, 2.05) is 13.8 Å². The van der Waals surface area contributed by atoms with E-state index < -0.39 is 0 Å². The first-order chi connectivity index (χ1) is 8.04. The number of rotatable bonds is 5. The molecule has 0 aromatic heterocycles. The van der Waals surface area contributed by atoms with Gasteiger partial charge in [-0.1, -0.05) is 27.2 Å². The average Bonchev–Trinajstić information content (AvgIpc) is 2.29. The van der Waals surface area contributed by atoms with E-state index >= 15 is 0 Å². The summed E-state index contributed by atoms with van der Waals surface area (Å²) >= 11 is 0. The maximum absolute atomic E-state index is 11.8.